The van der Waals surface area contributed by atoms with Gasteiger partial charge in [-0.25, -0.2) is 4.79 Å². The monoisotopic (exact) mass is 464 g/mol. The van der Waals surface area contributed by atoms with E-state index in [1.165, 1.54) is 11.1 Å². The molecule has 4 rings (SSSR count). The zero-order chi connectivity index (χ0) is 24.5. The first-order chi connectivity index (χ1) is 16.2. The normalized spacial score (nSPS) is 19.4. The number of amides is 2. The minimum absolute atomic E-state index is 0.0119. The summed E-state index contributed by atoms with van der Waals surface area (Å²) in [6.45, 7) is 6.50. The molecule has 180 valence electrons. The Bertz CT molecular complexity index is 1050. The quantitative estimate of drug-likeness (QED) is 0.638. The van der Waals surface area contributed by atoms with E-state index in [4.69, 9.17) is 4.74 Å². The van der Waals surface area contributed by atoms with Gasteiger partial charge in [0.05, 0.1) is 5.92 Å². The van der Waals surface area contributed by atoms with Crippen molar-refractivity contribution < 1.29 is 24.2 Å². The van der Waals surface area contributed by atoms with E-state index >= 15 is 0 Å². The highest BCUT2D eigenvalue weighted by Crippen LogP contribution is 2.44. The molecule has 1 aliphatic carbocycles. The third-order valence-electron chi connectivity index (χ3n) is 7.03. The maximum atomic E-state index is 12.6. The van der Waals surface area contributed by atoms with Crippen LogP contribution in [-0.2, 0) is 14.3 Å². The molecule has 1 saturated heterocycles. The van der Waals surface area contributed by atoms with Gasteiger partial charge in [-0.05, 0) is 48.4 Å². The fraction of sp³-hybridized carbons (Fsp3) is 0.444. The van der Waals surface area contributed by atoms with Crippen LogP contribution < -0.4 is 5.32 Å². The number of carbonyl (C=O) groups is 3. The van der Waals surface area contributed by atoms with Gasteiger partial charge < -0.3 is 20.1 Å². The molecule has 2 aromatic carbocycles. The fourth-order valence-electron chi connectivity index (χ4n) is 5.04. The third kappa shape index (κ3) is 4.93. The Morgan fingerprint density at radius 3 is 2.18 bits per heavy atom. The van der Waals surface area contributed by atoms with Gasteiger partial charge in [-0.2, -0.15) is 0 Å². The van der Waals surface area contributed by atoms with Crippen molar-refractivity contribution in [2.45, 2.75) is 45.1 Å². The molecule has 1 fully saturated rings. The minimum atomic E-state index is -0.861. The van der Waals surface area contributed by atoms with Crippen molar-refractivity contribution in [3.8, 4) is 11.1 Å². The average Bonchev–Trinajstić information content (AvgIpc) is 3.34. The molecule has 2 aromatic rings. The predicted octanol–water partition coefficient (Wildman–Crippen LogP) is 4.26. The number of aliphatic carboxylic acids is 1. The standard InChI is InChI=1S/C27H32N2O5/c1-17-14-29(15-22(17)25(31)32)24(30)12-13-27(2,3)28-26(33)34-16-23-20-10-6-4-8-18(20)19-9-5-7-11-21(19)23/h4-11,17,22-23H,12-16H2,1-3H3,(H,28,33)(H,31,32)/t17-,22-/m1/s1. The first-order valence-corrected chi connectivity index (χ1v) is 11.8. The van der Waals surface area contributed by atoms with E-state index in [0.717, 1.165) is 11.1 Å². The second kappa shape index (κ2) is 9.49. The summed E-state index contributed by atoms with van der Waals surface area (Å²) in [7, 11) is 0. The third-order valence-corrected chi connectivity index (χ3v) is 7.03. The van der Waals surface area contributed by atoms with Crippen LogP contribution in [0.15, 0.2) is 48.5 Å². The average molecular weight is 465 g/mol. The largest absolute Gasteiger partial charge is 0.481 e. The summed E-state index contributed by atoms with van der Waals surface area (Å²) in [5, 5.41) is 12.2. The van der Waals surface area contributed by atoms with Crippen molar-refractivity contribution in [1.82, 2.24) is 10.2 Å². The highest BCUT2D eigenvalue weighted by Gasteiger charge is 2.37. The van der Waals surface area contributed by atoms with Crippen molar-refractivity contribution in [2.24, 2.45) is 11.8 Å². The molecule has 0 unspecified atom stereocenters. The molecule has 2 N–H and O–H groups in total. The molecule has 7 heteroatoms. The zero-order valence-electron chi connectivity index (χ0n) is 19.9. The summed E-state index contributed by atoms with van der Waals surface area (Å²) in [4.78, 5) is 38.2. The van der Waals surface area contributed by atoms with Crippen LogP contribution >= 0.6 is 0 Å². The topological polar surface area (TPSA) is 95.9 Å². The van der Waals surface area contributed by atoms with E-state index in [2.05, 4.69) is 29.6 Å². The molecule has 1 aliphatic heterocycles. The number of nitrogens with zero attached hydrogens (tertiary/aromatic N) is 1. The van der Waals surface area contributed by atoms with Gasteiger partial charge in [-0.15, -0.1) is 0 Å². The summed E-state index contributed by atoms with van der Waals surface area (Å²) in [6, 6.07) is 16.4. The van der Waals surface area contributed by atoms with Gasteiger partial charge in [-0.3, -0.25) is 9.59 Å². The molecule has 2 amide bonds. The molecule has 0 spiro atoms. The number of carboxylic acid groups (broad SMARTS) is 1. The highest BCUT2D eigenvalue weighted by molar-refractivity contribution is 5.80. The Labute approximate surface area is 200 Å². The van der Waals surface area contributed by atoms with Crippen LogP contribution in [0.5, 0.6) is 0 Å². The van der Waals surface area contributed by atoms with Gasteiger partial charge >= 0.3 is 12.1 Å². The van der Waals surface area contributed by atoms with Gasteiger partial charge in [0.15, 0.2) is 0 Å². The van der Waals surface area contributed by atoms with E-state index in [0.29, 0.717) is 13.0 Å². The second-order valence-corrected chi connectivity index (χ2v) is 10.1. The molecule has 0 bridgehead atoms. The van der Waals surface area contributed by atoms with Gasteiger partial charge in [0.25, 0.3) is 0 Å². The summed E-state index contributed by atoms with van der Waals surface area (Å²) in [6.07, 6.45) is 0.147. The van der Waals surface area contributed by atoms with Crippen LogP contribution in [0.4, 0.5) is 4.79 Å². The Hall–Kier alpha value is -3.35. The molecule has 1 heterocycles. The molecule has 7 nitrogen and oxygen atoms in total. The smallest absolute Gasteiger partial charge is 0.407 e. The summed E-state index contributed by atoms with van der Waals surface area (Å²) >= 11 is 0. The van der Waals surface area contributed by atoms with E-state index in [9.17, 15) is 19.5 Å². The molecule has 2 aliphatic rings. The summed E-state index contributed by atoms with van der Waals surface area (Å²) in [5.74, 6) is -1.54. The lowest BCUT2D eigenvalue weighted by molar-refractivity contribution is -0.142. The van der Waals surface area contributed by atoms with Gasteiger partial charge in [0.1, 0.15) is 6.61 Å². The highest BCUT2D eigenvalue weighted by atomic mass is 16.5. The van der Waals surface area contributed by atoms with Crippen LogP contribution in [0.25, 0.3) is 11.1 Å². The lowest BCUT2D eigenvalue weighted by Gasteiger charge is -2.27. The number of ether oxygens (including phenoxy) is 1. The molecule has 0 saturated carbocycles. The Morgan fingerprint density at radius 1 is 1.03 bits per heavy atom. The number of nitrogens with one attached hydrogen (secondary N) is 1. The first kappa shape index (κ1) is 23.8. The summed E-state index contributed by atoms with van der Waals surface area (Å²) < 4.78 is 5.63. The molecular weight excluding hydrogens is 432 g/mol. The number of carboxylic acids is 1. The van der Waals surface area contributed by atoms with E-state index in [1.54, 1.807) is 4.90 Å². The fourth-order valence-corrected chi connectivity index (χ4v) is 5.04. The number of likely N-dealkylation sites (tertiary alicyclic amines) is 1. The van der Waals surface area contributed by atoms with Gasteiger partial charge in [0.2, 0.25) is 5.91 Å². The molecule has 0 aromatic heterocycles. The number of hydrogen-bond donors (Lipinski definition) is 2. The Morgan fingerprint density at radius 2 is 1.62 bits per heavy atom. The second-order valence-electron chi connectivity index (χ2n) is 10.1. The van der Waals surface area contributed by atoms with Crippen molar-refractivity contribution in [3.05, 3.63) is 59.7 Å². The first-order valence-electron chi connectivity index (χ1n) is 11.8. The van der Waals surface area contributed by atoms with Crippen molar-refractivity contribution >= 4 is 18.0 Å². The number of hydrogen-bond acceptors (Lipinski definition) is 4. The van der Waals surface area contributed by atoms with E-state index in [-0.39, 0.29) is 37.3 Å². The van der Waals surface area contributed by atoms with E-state index < -0.39 is 23.5 Å². The Kier molecular flexibility index (Phi) is 6.64. The minimum Gasteiger partial charge on any atom is -0.481 e. The zero-order valence-corrected chi connectivity index (χ0v) is 19.9. The number of carbonyl (C=O) groups excluding carboxylic acids is 2. The molecule has 0 radical (unpaired) electrons. The van der Waals surface area contributed by atoms with Crippen molar-refractivity contribution in [3.63, 3.8) is 0 Å². The van der Waals surface area contributed by atoms with Crippen LogP contribution in [0.2, 0.25) is 0 Å². The number of fused-ring (bicyclic) bond motifs is 3. The molecular formula is C27H32N2O5. The molecule has 2 atom stereocenters. The van der Waals surface area contributed by atoms with Crippen LogP contribution in [-0.4, -0.2) is 53.2 Å². The van der Waals surface area contributed by atoms with Gasteiger partial charge in [0, 0.05) is 31.0 Å². The van der Waals surface area contributed by atoms with Crippen molar-refractivity contribution in [2.75, 3.05) is 19.7 Å². The number of rotatable bonds is 7. The lowest BCUT2D eigenvalue weighted by Crippen LogP contribution is -2.45. The van der Waals surface area contributed by atoms with Crippen LogP contribution in [0.3, 0.4) is 0 Å². The van der Waals surface area contributed by atoms with Crippen LogP contribution in [0, 0.1) is 11.8 Å². The SMILES string of the molecule is C[C@@H]1CN(C(=O)CCC(C)(C)NC(=O)OCC2c3ccccc3-c3ccccc32)C[C@H]1C(=O)O. The number of benzene rings is 2. The number of alkyl carbamates (subject to hydrolysis) is 1. The predicted molar refractivity (Wildman–Crippen MR) is 128 cm³/mol. The Balaban J connectivity index is 1.29. The molecule has 34 heavy (non-hydrogen) atoms. The van der Waals surface area contributed by atoms with Gasteiger partial charge in [-0.1, -0.05) is 55.5 Å². The summed E-state index contributed by atoms with van der Waals surface area (Å²) in [5.41, 5.74) is 4.01. The lowest BCUT2D eigenvalue weighted by atomic mass is 9.98. The maximum Gasteiger partial charge on any atom is 0.407 e. The van der Waals surface area contributed by atoms with E-state index in [1.807, 2.05) is 45.0 Å². The van der Waals surface area contributed by atoms with Crippen molar-refractivity contribution in [1.29, 1.82) is 0 Å². The van der Waals surface area contributed by atoms with Crippen LogP contribution in [0.1, 0.15) is 50.7 Å². The maximum absolute atomic E-state index is 12.6.